The van der Waals surface area contributed by atoms with E-state index >= 15 is 0 Å². The maximum absolute atomic E-state index is 10.8. The number of rotatable bonds is 3. The van der Waals surface area contributed by atoms with Crippen LogP contribution in [0.4, 0.5) is 0 Å². The molecule has 0 aromatic carbocycles. The Bertz CT molecular complexity index is 362. The summed E-state index contributed by atoms with van der Waals surface area (Å²) in [5.41, 5.74) is 0.432. The van der Waals surface area contributed by atoms with E-state index in [1.165, 1.54) is 20.3 Å². The van der Waals surface area contributed by atoms with Crippen molar-refractivity contribution in [2.75, 3.05) is 14.2 Å². The number of carboxylic acids is 1. The molecular weight excluding hydrogens is 186 g/mol. The number of nitrogens with zero attached hydrogens (tertiary/aromatic N) is 1. The van der Waals surface area contributed by atoms with Crippen LogP contribution < -0.4 is 9.47 Å². The van der Waals surface area contributed by atoms with Crippen molar-refractivity contribution in [3.05, 3.63) is 17.3 Å². The first-order valence-electron chi connectivity index (χ1n) is 3.93. The molecule has 76 valence electrons. The van der Waals surface area contributed by atoms with Crippen LogP contribution >= 0.6 is 0 Å². The number of carbonyl (C=O) groups is 1. The van der Waals surface area contributed by atoms with Crippen LogP contribution in [0.1, 0.15) is 16.1 Å². The molecule has 1 N–H and O–H groups in total. The van der Waals surface area contributed by atoms with E-state index in [9.17, 15) is 4.79 Å². The Balaban J connectivity index is 3.34. The van der Waals surface area contributed by atoms with Crippen LogP contribution in [-0.4, -0.2) is 30.3 Å². The molecule has 0 amide bonds. The predicted molar refractivity (Wildman–Crippen MR) is 49.0 cm³/mol. The number of aromatic carboxylic acids is 1. The normalized spacial score (nSPS) is 9.64. The van der Waals surface area contributed by atoms with Crippen molar-refractivity contribution in [1.82, 2.24) is 4.98 Å². The molecule has 0 unspecified atom stereocenters. The third-order valence-electron chi connectivity index (χ3n) is 1.78. The fourth-order valence-electron chi connectivity index (χ4n) is 1.14. The van der Waals surface area contributed by atoms with E-state index in [0.29, 0.717) is 11.6 Å². The van der Waals surface area contributed by atoms with Gasteiger partial charge in [0.1, 0.15) is 11.3 Å². The molecule has 0 spiro atoms. The highest BCUT2D eigenvalue weighted by Gasteiger charge is 2.16. The number of aryl methyl sites for hydroxylation is 1. The van der Waals surface area contributed by atoms with Crippen LogP contribution in [-0.2, 0) is 0 Å². The molecule has 1 rings (SSSR count). The van der Waals surface area contributed by atoms with Gasteiger partial charge in [0.25, 0.3) is 0 Å². The molecule has 0 aliphatic carbocycles. The highest BCUT2D eigenvalue weighted by Crippen LogP contribution is 2.25. The van der Waals surface area contributed by atoms with Crippen LogP contribution in [0.5, 0.6) is 11.6 Å². The Labute approximate surface area is 81.3 Å². The van der Waals surface area contributed by atoms with Gasteiger partial charge in [-0.1, -0.05) is 0 Å². The van der Waals surface area contributed by atoms with Crippen molar-refractivity contribution < 1.29 is 19.4 Å². The lowest BCUT2D eigenvalue weighted by atomic mass is 10.2. The topological polar surface area (TPSA) is 68.7 Å². The minimum atomic E-state index is -1.06. The van der Waals surface area contributed by atoms with Gasteiger partial charge in [-0.2, -0.15) is 0 Å². The highest BCUT2D eigenvalue weighted by molar-refractivity contribution is 5.92. The summed E-state index contributed by atoms with van der Waals surface area (Å²) in [4.78, 5) is 14.8. The zero-order valence-electron chi connectivity index (χ0n) is 8.20. The second-order valence-corrected chi connectivity index (χ2v) is 2.63. The number of hydrogen-bond acceptors (Lipinski definition) is 4. The molecule has 5 nitrogen and oxygen atoms in total. The second-order valence-electron chi connectivity index (χ2n) is 2.63. The van der Waals surface area contributed by atoms with Crippen molar-refractivity contribution in [2.45, 2.75) is 6.92 Å². The number of hydrogen-bond donors (Lipinski definition) is 1. The van der Waals surface area contributed by atoms with Crippen LogP contribution in [0, 0.1) is 6.92 Å². The molecule has 0 aliphatic heterocycles. The molecule has 0 saturated carbocycles. The lowest BCUT2D eigenvalue weighted by Gasteiger charge is -2.08. The maximum atomic E-state index is 10.8. The van der Waals surface area contributed by atoms with Gasteiger partial charge in [-0.15, -0.1) is 0 Å². The summed E-state index contributed by atoms with van der Waals surface area (Å²) in [6.45, 7) is 1.59. The number of ether oxygens (including phenoxy) is 2. The molecule has 0 radical (unpaired) electrons. The average Bonchev–Trinajstić information content (AvgIpc) is 2.15. The Morgan fingerprint density at radius 2 is 2.07 bits per heavy atom. The van der Waals surface area contributed by atoms with Crippen molar-refractivity contribution in [3.8, 4) is 11.6 Å². The molecule has 0 atom stereocenters. The van der Waals surface area contributed by atoms with Gasteiger partial charge in [-0.3, -0.25) is 0 Å². The molecule has 0 fully saturated rings. The Kier molecular flexibility index (Phi) is 2.91. The standard InChI is InChI=1S/C9H11NO4/c1-5-8(9(11)12)6(13-2)4-7(10-5)14-3/h4H,1-3H3,(H,11,12). The number of carboxylic acid groups (broad SMARTS) is 1. The number of aromatic nitrogens is 1. The van der Waals surface area contributed by atoms with Gasteiger partial charge >= 0.3 is 5.97 Å². The molecular formula is C9H11NO4. The zero-order valence-corrected chi connectivity index (χ0v) is 8.20. The lowest BCUT2D eigenvalue weighted by Crippen LogP contribution is -2.06. The predicted octanol–water partition coefficient (Wildman–Crippen LogP) is 1.11. The monoisotopic (exact) mass is 197 g/mol. The Morgan fingerprint density at radius 3 is 2.50 bits per heavy atom. The van der Waals surface area contributed by atoms with Crippen molar-refractivity contribution in [1.29, 1.82) is 0 Å². The number of pyridine rings is 1. The van der Waals surface area contributed by atoms with Crippen LogP contribution in [0.25, 0.3) is 0 Å². The van der Waals surface area contributed by atoms with Crippen LogP contribution in [0.2, 0.25) is 0 Å². The van der Waals surface area contributed by atoms with Gasteiger partial charge in [0.2, 0.25) is 5.88 Å². The quantitative estimate of drug-likeness (QED) is 0.785. The third-order valence-corrected chi connectivity index (χ3v) is 1.78. The molecule has 14 heavy (non-hydrogen) atoms. The molecule has 1 heterocycles. The maximum Gasteiger partial charge on any atom is 0.341 e. The van der Waals surface area contributed by atoms with Crippen molar-refractivity contribution in [2.24, 2.45) is 0 Å². The third kappa shape index (κ3) is 1.76. The first kappa shape index (κ1) is 10.3. The smallest absolute Gasteiger partial charge is 0.341 e. The van der Waals surface area contributed by atoms with E-state index in [0.717, 1.165) is 0 Å². The van der Waals surface area contributed by atoms with E-state index in [1.54, 1.807) is 6.92 Å². The zero-order chi connectivity index (χ0) is 10.7. The minimum Gasteiger partial charge on any atom is -0.496 e. The summed E-state index contributed by atoms with van der Waals surface area (Å²) in [5.74, 6) is -0.472. The lowest BCUT2D eigenvalue weighted by molar-refractivity contribution is 0.0692. The summed E-state index contributed by atoms with van der Waals surface area (Å²) >= 11 is 0. The van der Waals surface area contributed by atoms with Gasteiger partial charge in [-0.05, 0) is 6.92 Å². The number of methoxy groups -OCH3 is 2. The van der Waals surface area contributed by atoms with E-state index in [1.807, 2.05) is 0 Å². The molecule has 0 aliphatic rings. The van der Waals surface area contributed by atoms with Crippen LogP contribution in [0.15, 0.2) is 6.07 Å². The minimum absolute atomic E-state index is 0.0632. The van der Waals surface area contributed by atoms with Crippen molar-refractivity contribution >= 4 is 5.97 Å². The molecule has 1 aromatic rings. The first-order valence-corrected chi connectivity index (χ1v) is 3.93. The fraction of sp³-hybridized carbons (Fsp3) is 0.333. The highest BCUT2D eigenvalue weighted by atomic mass is 16.5. The van der Waals surface area contributed by atoms with Crippen molar-refractivity contribution in [3.63, 3.8) is 0 Å². The first-order chi connectivity index (χ1) is 6.60. The Morgan fingerprint density at radius 1 is 1.43 bits per heavy atom. The largest absolute Gasteiger partial charge is 0.496 e. The van der Waals surface area contributed by atoms with E-state index in [-0.39, 0.29) is 11.3 Å². The summed E-state index contributed by atoms with van der Waals surface area (Å²) in [7, 11) is 2.86. The SMILES string of the molecule is COc1cc(OC)c(C(=O)O)c(C)n1. The summed E-state index contributed by atoms with van der Waals surface area (Å²) in [6.07, 6.45) is 0. The molecule has 0 bridgehead atoms. The Hall–Kier alpha value is -1.78. The molecule has 1 aromatic heterocycles. The summed E-state index contributed by atoms with van der Waals surface area (Å²) in [6, 6.07) is 1.44. The molecule has 5 heteroatoms. The summed E-state index contributed by atoms with van der Waals surface area (Å²) in [5, 5.41) is 8.88. The van der Waals surface area contributed by atoms with E-state index < -0.39 is 5.97 Å². The summed E-state index contributed by atoms with van der Waals surface area (Å²) < 4.78 is 9.82. The fourth-order valence-corrected chi connectivity index (χ4v) is 1.14. The van der Waals surface area contributed by atoms with E-state index in [4.69, 9.17) is 14.6 Å². The van der Waals surface area contributed by atoms with Gasteiger partial charge < -0.3 is 14.6 Å². The van der Waals surface area contributed by atoms with Gasteiger partial charge in [0.05, 0.1) is 19.9 Å². The van der Waals surface area contributed by atoms with Gasteiger partial charge in [0, 0.05) is 6.07 Å². The van der Waals surface area contributed by atoms with Crippen LogP contribution in [0.3, 0.4) is 0 Å². The average molecular weight is 197 g/mol. The van der Waals surface area contributed by atoms with E-state index in [2.05, 4.69) is 4.98 Å². The van der Waals surface area contributed by atoms with Gasteiger partial charge in [0.15, 0.2) is 0 Å². The van der Waals surface area contributed by atoms with Gasteiger partial charge in [-0.25, -0.2) is 9.78 Å². The second kappa shape index (κ2) is 3.95. The molecule has 0 saturated heterocycles.